The van der Waals surface area contributed by atoms with Gasteiger partial charge < -0.3 is 10.1 Å². The van der Waals surface area contributed by atoms with Crippen LogP contribution >= 0.6 is 11.3 Å². The average Bonchev–Trinajstić information content (AvgIpc) is 2.81. The Kier molecular flexibility index (Phi) is 3.80. The molecule has 0 fully saturated rings. The van der Waals surface area contributed by atoms with Gasteiger partial charge in [0.2, 0.25) is 0 Å². The molecule has 0 amide bonds. The van der Waals surface area contributed by atoms with Crippen LogP contribution in [0.1, 0.15) is 30.7 Å². The first-order chi connectivity index (χ1) is 7.36. The second-order valence-electron chi connectivity index (χ2n) is 3.85. The molecule has 0 saturated carbocycles. The van der Waals surface area contributed by atoms with E-state index >= 15 is 0 Å². The lowest BCUT2D eigenvalue weighted by Gasteiger charge is -2.21. The summed E-state index contributed by atoms with van der Waals surface area (Å²) in [5.41, 5.74) is 0. The molecule has 1 aliphatic heterocycles. The Morgan fingerprint density at radius 1 is 1.67 bits per heavy atom. The summed E-state index contributed by atoms with van der Waals surface area (Å²) < 4.78 is 5.51. The maximum Gasteiger partial charge on any atom is 0.110 e. The minimum Gasteiger partial charge on any atom is -0.497 e. The molecule has 1 aliphatic rings. The molecule has 15 heavy (non-hydrogen) atoms. The van der Waals surface area contributed by atoms with Gasteiger partial charge in [0.1, 0.15) is 6.10 Å². The van der Waals surface area contributed by atoms with E-state index in [9.17, 15) is 0 Å². The summed E-state index contributed by atoms with van der Waals surface area (Å²) in [6, 6.07) is 4.70. The summed E-state index contributed by atoms with van der Waals surface area (Å²) in [5, 5.41) is 5.62. The number of nitrogens with one attached hydrogen (secondary N) is 1. The molecular weight excluding hydrogens is 206 g/mol. The van der Waals surface area contributed by atoms with Crippen LogP contribution in [0, 0.1) is 0 Å². The lowest BCUT2D eigenvalue weighted by molar-refractivity contribution is 0.120. The van der Waals surface area contributed by atoms with E-state index in [1.165, 1.54) is 4.88 Å². The fourth-order valence-corrected chi connectivity index (χ4v) is 2.44. The van der Waals surface area contributed by atoms with Crippen molar-refractivity contribution >= 4 is 11.3 Å². The molecule has 1 N–H and O–H groups in total. The van der Waals surface area contributed by atoms with Gasteiger partial charge in [0.25, 0.3) is 0 Å². The van der Waals surface area contributed by atoms with Gasteiger partial charge in [-0.2, -0.15) is 0 Å². The number of rotatable bonds is 4. The monoisotopic (exact) mass is 223 g/mol. The molecule has 3 heteroatoms. The molecule has 0 aromatic carbocycles. The average molecular weight is 223 g/mol. The van der Waals surface area contributed by atoms with Gasteiger partial charge in [-0.25, -0.2) is 0 Å². The third kappa shape index (κ3) is 3.08. The first-order valence-electron chi connectivity index (χ1n) is 5.43. The van der Waals surface area contributed by atoms with Crippen LogP contribution in [0.5, 0.6) is 0 Å². The van der Waals surface area contributed by atoms with Crippen LogP contribution in [0.4, 0.5) is 0 Å². The highest BCUT2D eigenvalue weighted by molar-refractivity contribution is 7.10. The molecule has 1 aromatic rings. The van der Waals surface area contributed by atoms with Crippen LogP contribution in [0.2, 0.25) is 0 Å². The topological polar surface area (TPSA) is 21.3 Å². The van der Waals surface area contributed by atoms with E-state index in [0.29, 0.717) is 12.1 Å². The van der Waals surface area contributed by atoms with Gasteiger partial charge in [0, 0.05) is 17.5 Å². The van der Waals surface area contributed by atoms with E-state index < -0.39 is 0 Å². The van der Waals surface area contributed by atoms with Crippen molar-refractivity contribution in [1.82, 2.24) is 5.32 Å². The molecule has 0 radical (unpaired) electrons. The van der Waals surface area contributed by atoms with Gasteiger partial charge in [0.15, 0.2) is 0 Å². The lowest BCUT2D eigenvalue weighted by atomic mass is 10.1. The van der Waals surface area contributed by atoms with E-state index in [1.54, 1.807) is 11.3 Å². The Bertz CT molecular complexity index is 307. The fraction of sp³-hybridized carbons (Fsp3) is 0.500. The first kappa shape index (κ1) is 10.7. The molecular formula is C12H17NOS. The van der Waals surface area contributed by atoms with E-state index in [1.807, 2.05) is 6.26 Å². The summed E-state index contributed by atoms with van der Waals surface area (Å²) in [6.07, 6.45) is 6.52. The van der Waals surface area contributed by atoms with E-state index in [0.717, 1.165) is 19.4 Å². The molecule has 1 unspecified atom stereocenters. The Labute approximate surface area is 95.0 Å². The van der Waals surface area contributed by atoms with Crippen molar-refractivity contribution in [2.24, 2.45) is 0 Å². The second-order valence-corrected chi connectivity index (χ2v) is 4.83. The van der Waals surface area contributed by atoms with Crippen molar-refractivity contribution in [3.05, 3.63) is 34.7 Å². The van der Waals surface area contributed by atoms with E-state index in [2.05, 4.69) is 35.8 Å². The van der Waals surface area contributed by atoms with Crippen molar-refractivity contribution in [1.29, 1.82) is 0 Å². The molecule has 0 spiro atoms. The Balaban J connectivity index is 1.75. The zero-order valence-corrected chi connectivity index (χ0v) is 9.80. The highest BCUT2D eigenvalue weighted by Crippen LogP contribution is 2.18. The predicted molar refractivity (Wildman–Crippen MR) is 64.0 cm³/mol. The van der Waals surface area contributed by atoms with Crippen LogP contribution < -0.4 is 5.32 Å². The number of allylic oxidation sites excluding steroid dienone is 1. The zero-order valence-electron chi connectivity index (χ0n) is 8.98. The largest absolute Gasteiger partial charge is 0.497 e. The molecule has 1 aromatic heterocycles. The first-order valence-corrected chi connectivity index (χ1v) is 6.31. The molecule has 2 atom stereocenters. The number of thiophene rings is 1. The molecule has 82 valence electrons. The van der Waals surface area contributed by atoms with Crippen LogP contribution in [-0.2, 0) is 4.74 Å². The highest BCUT2D eigenvalue weighted by Gasteiger charge is 2.13. The SMILES string of the molecule is C[C@H](NCC1CCC=CO1)c1cccs1. The number of hydrogen-bond acceptors (Lipinski definition) is 3. The van der Waals surface area contributed by atoms with Crippen molar-refractivity contribution < 1.29 is 4.74 Å². The lowest BCUT2D eigenvalue weighted by Crippen LogP contribution is -2.30. The van der Waals surface area contributed by atoms with Crippen LogP contribution in [0.15, 0.2) is 29.9 Å². The minimum atomic E-state index is 0.345. The summed E-state index contributed by atoms with van der Waals surface area (Å²) >= 11 is 1.80. The summed E-state index contributed by atoms with van der Waals surface area (Å²) in [5.74, 6) is 0. The molecule has 2 nitrogen and oxygen atoms in total. The third-order valence-electron chi connectivity index (χ3n) is 2.64. The van der Waals surface area contributed by atoms with E-state index in [-0.39, 0.29) is 0 Å². The standard InChI is InChI=1S/C12H17NOS/c1-10(12-6-4-8-15-12)13-9-11-5-2-3-7-14-11/h3-4,6-8,10-11,13H,2,5,9H2,1H3/t10-,11?/m0/s1. The summed E-state index contributed by atoms with van der Waals surface area (Å²) in [7, 11) is 0. The predicted octanol–water partition coefficient (Wildman–Crippen LogP) is 3.09. The Hall–Kier alpha value is -0.800. The molecule has 2 rings (SSSR count). The van der Waals surface area contributed by atoms with Crippen molar-refractivity contribution in [3.63, 3.8) is 0 Å². The maximum absolute atomic E-state index is 5.51. The van der Waals surface area contributed by atoms with Gasteiger partial charge in [0.05, 0.1) is 6.26 Å². The fourth-order valence-electron chi connectivity index (χ4n) is 1.68. The van der Waals surface area contributed by atoms with Crippen LogP contribution in [0.3, 0.4) is 0 Å². The quantitative estimate of drug-likeness (QED) is 0.847. The summed E-state index contributed by atoms with van der Waals surface area (Å²) in [4.78, 5) is 1.39. The van der Waals surface area contributed by atoms with Gasteiger partial charge in [-0.1, -0.05) is 6.07 Å². The summed E-state index contributed by atoms with van der Waals surface area (Å²) in [6.45, 7) is 3.13. The van der Waals surface area contributed by atoms with Crippen LogP contribution in [-0.4, -0.2) is 12.6 Å². The third-order valence-corrected chi connectivity index (χ3v) is 3.70. The van der Waals surface area contributed by atoms with Crippen molar-refractivity contribution in [3.8, 4) is 0 Å². The van der Waals surface area contributed by atoms with Gasteiger partial charge in [-0.15, -0.1) is 11.3 Å². The molecule has 0 bridgehead atoms. The smallest absolute Gasteiger partial charge is 0.110 e. The molecule has 2 heterocycles. The Morgan fingerprint density at radius 2 is 2.60 bits per heavy atom. The normalized spacial score (nSPS) is 22.3. The highest BCUT2D eigenvalue weighted by atomic mass is 32.1. The number of hydrogen-bond donors (Lipinski definition) is 1. The second kappa shape index (κ2) is 5.33. The van der Waals surface area contributed by atoms with Gasteiger partial charge in [-0.05, 0) is 37.3 Å². The molecule has 0 aliphatic carbocycles. The van der Waals surface area contributed by atoms with Gasteiger partial charge >= 0.3 is 0 Å². The van der Waals surface area contributed by atoms with Crippen molar-refractivity contribution in [2.75, 3.05) is 6.54 Å². The maximum atomic E-state index is 5.51. The molecule has 0 saturated heterocycles. The van der Waals surface area contributed by atoms with Crippen molar-refractivity contribution in [2.45, 2.75) is 31.9 Å². The van der Waals surface area contributed by atoms with E-state index in [4.69, 9.17) is 4.74 Å². The zero-order chi connectivity index (χ0) is 10.5. The van der Waals surface area contributed by atoms with Crippen LogP contribution in [0.25, 0.3) is 0 Å². The van der Waals surface area contributed by atoms with Gasteiger partial charge in [-0.3, -0.25) is 0 Å². The minimum absolute atomic E-state index is 0.345. The Morgan fingerprint density at radius 3 is 3.27 bits per heavy atom. The number of ether oxygens (including phenoxy) is 1.